The van der Waals surface area contributed by atoms with E-state index in [-0.39, 0.29) is 17.9 Å². The summed E-state index contributed by atoms with van der Waals surface area (Å²) in [6.45, 7) is 5.81. The van der Waals surface area contributed by atoms with E-state index in [2.05, 4.69) is 5.32 Å². The van der Waals surface area contributed by atoms with Gasteiger partial charge in [-0.15, -0.1) is 0 Å². The third-order valence-electron chi connectivity index (χ3n) is 3.42. The highest BCUT2D eigenvalue weighted by Crippen LogP contribution is 2.17. The van der Waals surface area contributed by atoms with Crippen molar-refractivity contribution in [1.82, 2.24) is 10.2 Å². The Balaban J connectivity index is 2.22. The molecule has 0 bridgehead atoms. The van der Waals surface area contributed by atoms with Crippen molar-refractivity contribution in [3.05, 3.63) is 0 Å². The molecule has 5 heteroatoms. The van der Waals surface area contributed by atoms with Gasteiger partial charge in [0.1, 0.15) is 0 Å². The van der Waals surface area contributed by atoms with Crippen molar-refractivity contribution in [2.45, 2.75) is 45.6 Å². The Bertz CT molecular complexity index is 284. The van der Waals surface area contributed by atoms with Crippen molar-refractivity contribution < 1.29 is 9.59 Å². The van der Waals surface area contributed by atoms with Crippen LogP contribution >= 0.6 is 0 Å². The van der Waals surface area contributed by atoms with Crippen LogP contribution in [0.2, 0.25) is 0 Å². The third-order valence-corrected chi connectivity index (χ3v) is 3.42. The zero-order valence-electron chi connectivity index (χ0n) is 11.4. The van der Waals surface area contributed by atoms with Crippen molar-refractivity contribution >= 4 is 11.8 Å². The van der Waals surface area contributed by atoms with Crippen molar-refractivity contribution in [2.75, 3.05) is 19.6 Å². The topological polar surface area (TPSA) is 75.4 Å². The number of carbonyl (C=O) groups is 2. The number of piperidine rings is 1. The first-order valence-corrected chi connectivity index (χ1v) is 6.77. The quantitative estimate of drug-likeness (QED) is 0.750. The number of hydrogen-bond acceptors (Lipinski definition) is 3. The number of carbonyl (C=O) groups excluding carboxylic acids is 2. The number of nitrogens with zero attached hydrogens (tertiary/aromatic N) is 1. The van der Waals surface area contributed by atoms with E-state index < -0.39 is 0 Å². The van der Waals surface area contributed by atoms with Gasteiger partial charge in [-0.2, -0.15) is 0 Å². The fourth-order valence-electron chi connectivity index (χ4n) is 2.18. The highest BCUT2D eigenvalue weighted by molar-refractivity contribution is 5.76. The molecule has 1 unspecified atom stereocenters. The predicted octanol–water partition coefficient (Wildman–Crippen LogP) is 0.489. The van der Waals surface area contributed by atoms with Gasteiger partial charge in [-0.05, 0) is 32.1 Å². The first kappa shape index (κ1) is 15.0. The van der Waals surface area contributed by atoms with Gasteiger partial charge < -0.3 is 16.0 Å². The minimum atomic E-state index is 0.0189. The van der Waals surface area contributed by atoms with E-state index in [1.165, 1.54) is 6.92 Å². The number of nitrogens with one attached hydrogen (secondary N) is 1. The van der Waals surface area contributed by atoms with Gasteiger partial charge in [0.2, 0.25) is 11.8 Å². The summed E-state index contributed by atoms with van der Waals surface area (Å²) in [5, 5.41) is 2.84. The molecule has 2 amide bonds. The van der Waals surface area contributed by atoms with Gasteiger partial charge in [0.25, 0.3) is 0 Å². The monoisotopic (exact) mass is 255 g/mol. The van der Waals surface area contributed by atoms with E-state index in [9.17, 15) is 9.59 Å². The zero-order valence-corrected chi connectivity index (χ0v) is 11.4. The van der Waals surface area contributed by atoms with E-state index >= 15 is 0 Å². The molecule has 1 saturated heterocycles. The van der Waals surface area contributed by atoms with Crippen LogP contribution in [0.4, 0.5) is 0 Å². The molecule has 5 nitrogen and oxygen atoms in total. The van der Waals surface area contributed by atoms with Gasteiger partial charge in [-0.25, -0.2) is 0 Å². The number of amides is 2. The molecule has 18 heavy (non-hydrogen) atoms. The summed E-state index contributed by atoms with van der Waals surface area (Å²) in [6.07, 6.45) is 3.26. The Hall–Kier alpha value is -1.10. The molecular formula is C13H25N3O2. The molecule has 3 N–H and O–H groups in total. The molecule has 0 radical (unpaired) electrons. The third kappa shape index (κ3) is 5.49. The Morgan fingerprint density at radius 1 is 1.39 bits per heavy atom. The van der Waals surface area contributed by atoms with Crippen LogP contribution in [-0.4, -0.2) is 42.4 Å². The van der Waals surface area contributed by atoms with Gasteiger partial charge in [0.05, 0.1) is 0 Å². The van der Waals surface area contributed by atoms with Crippen LogP contribution in [0.3, 0.4) is 0 Å². The van der Waals surface area contributed by atoms with E-state index in [0.717, 1.165) is 38.9 Å². The summed E-state index contributed by atoms with van der Waals surface area (Å²) >= 11 is 0. The van der Waals surface area contributed by atoms with E-state index in [1.807, 2.05) is 11.8 Å². The fraction of sp³-hybridized carbons (Fsp3) is 0.846. The summed E-state index contributed by atoms with van der Waals surface area (Å²) in [7, 11) is 0. The molecule has 0 spiro atoms. The Morgan fingerprint density at radius 2 is 2.00 bits per heavy atom. The highest BCUT2D eigenvalue weighted by atomic mass is 16.2. The minimum Gasteiger partial charge on any atom is -0.356 e. The summed E-state index contributed by atoms with van der Waals surface area (Å²) in [4.78, 5) is 24.6. The molecule has 0 aromatic heterocycles. The summed E-state index contributed by atoms with van der Waals surface area (Å²) in [5.74, 6) is 0.738. The molecule has 1 aliphatic rings. The second-order valence-electron chi connectivity index (χ2n) is 5.28. The Morgan fingerprint density at radius 3 is 2.50 bits per heavy atom. The average Bonchev–Trinajstić information content (AvgIpc) is 2.34. The molecule has 1 heterocycles. The number of likely N-dealkylation sites (tertiary alicyclic amines) is 1. The summed E-state index contributed by atoms with van der Waals surface area (Å²) in [6, 6.07) is 0.0891. The second-order valence-corrected chi connectivity index (χ2v) is 5.28. The number of rotatable bonds is 5. The van der Waals surface area contributed by atoms with Crippen molar-refractivity contribution in [3.63, 3.8) is 0 Å². The molecule has 1 atom stereocenters. The smallest absolute Gasteiger partial charge is 0.222 e. The van der Waals surface area contributed by atoms with Crippen LogP contribution in [0.5, 0.6) is 0 Å². The fourth-order valence-corrected chi connectivity index (χ4v) is 2.18. The van der Waals surface area contributed by atoms with Crippen LogP contribution < -0.4 is 11.1 Å². The zero-order chi connectivity index (χ0) is 13.5. The summed E-state index contributed by atoms with van der Waals surface area (Å²) in [5.41, 5.74) is 5.65. The molecule has 1 fully saturated rings. The first-order chi connectivity index (χ1) is 8.49. The lowest BCUT2D eigenvalue weighted by Crippen LogP contribution is -2.41. The lowest BCUT2D eigenvalue weighted by molar-refractivity contribution is -0.133. The second kappa shape index (κ2) is 7.36. The van der Waals surface area contributed by atoms with Crippen molar-refractivity contribution in [3.8, 4) is 0 Å². The van der Waals surface area contributed by atoms with Gasteiger partial charge >= 0.3 is 0 Å². The molecule has 0 saturated carbocycles. The molecule has 0 aromatic carbocycles. The van der Waals surface area contributed by atoms with Crippen molar-refractivity contribution in [2.24, 2.45) is 11.7 Å². The standard InChI is InChI=1S/C13H25N3O2/c1-10(14)3-4-13(18)16-7-5-12(6-8-16)9-15-11(2)17/h10,12H,3-9,14H2,1-2H3,(H,15,17). The molecular weight excluding hydrogens is 230 g/mol. The van der Waals surface area contributed by atoms with Crippen LogP contribution in [0.1, 0.15) is 39.5 Å². The normalized spacial score (nSPS) is 18.5. The molecule has 0 aliphatic carbocycles. The highest BCUT2D eigenvalue weighted by Gasteiger charge is 2.22. The Labute approximate surface area is 109 Å². The maximum absolute atomic E-state index is 11.9. The average molecular weight is 255 g/mol. The van der Waals surface area contributed by atoms with Crippen LogP contribution in [-0.2, 0) is 9.59 Å². The lowest BCUT2D eigenvalue weighted by atomic mass is 9.96. The van der Waals surface area contributed by atoms with Gasteiger partial charge in [0, 0.05) is 39.0 Å². The number of hydrogen-bond donors (Lipinski definition) is 2. The maximum atomic E-state index is 11.9. The number of nitrogens with two attached hydrogens (primary N) is 1. The molecule has 104 valence electrons. The van der Waals surface area contributed by atoms with Crippen LogP contribution in [0, 0.1) is 5.92 Å². The first-order valence-electron chi connectivity index (χ1n) is 6.77. The minimum absolute atomic E-state index is 0.0189. The van der Waals surface area contributed by atoms with Crippen molar-refractivity contribution in [1.29, 1.82) is 0 Å². The SMILES string of the molecule is CC(=O)NCC1CCN(C(=O)CCC(C)N)CC1. The van der Waals surface area contributed by atoms with E-state index in [1.54, 1.807) is 0 Å². The Kier molecular flexibility index (Phi) is 6.12. The molecule has 1 rings (SSSR count). The maximum Gasteiger partial charge on any atom is 0.222 e. The molecule has 0 aromatic rings. The predicted molar refractivity (Wildman–Crippen MR) is 70.9 cm³/mol. The van der Waals surface area contributed by atoms with Gasteiger partial charge in [-0.1, -0.05) is 0 Å². The van der Waals surface area contributed by atoms with Crippen LogP contribution in [0.25, 0.3) is 0 Å². The largest absolute Gasteiger partial charge is 0.356 e. The van der Waals surface area contributed by atoms with E-state index in [0.29, 0.717) is 12.3 Å². The molecule has 1 aliphatic heterocycles. The van der Waals surface area contributed by atoms with Gasteiger partial charge in [0.15, 0.2) is 0 Å². The summed E-state index contributed by atoms with van der Waals surface area (Å²) < 4.78 is 0. The van der Waals surface area contributed by atoms with Crippen LogP contribution in [0.15, 0.2) is 0 Å². The lowest BCUT2D eigenvalue weighted by Gasteiger charge is -2.32. The van der Waals surface area contributed by atoms with E-state index in [4.69, 9.17) is 5.73 Å². The van der Waals surface area contributed by atoms with Gasteiger partial charge in [-0.3, -0.25) is 9.59 Å².